The molecule has 1 unspecified atom stereocenters. The number of rotatable bonds is 3. The van der Waals surface area contributed by atoms with Crippen molar-refractivity contribution in [2.45, 2.75) is 46.1 Å². The highest BCUT2D eigenvalue weighted by molar-refractivity contribution is 6.01. The Labute approximate surface area is 192 Å². The number of ketones is 1. The molecule has 0 saturated carbocycles. The van der Waals surface area contributed by atoms with Crippen LogP contribution in [0.5, 0.6) is 0 Å². The van der Waals surface area contributed by atoms with Crippen LogP contribution in [0.15, 0.2) is 75.5 Å². The molecule has 168 valence electrons. The topological polar surface area (TPSA) is 84.0 Å². The van der Waals surface area contributed by atoms with Gasteiger partial charge in [0, 0.05) is 23.6 Å². The summed E-state index contributed by atoms with van der Waals surface area (Å²) in [6, 6.07) is 17.6. The fourth-order valence-corrected chi connectivity index (χ4v) is 5.07. The van der Waals surface area contributed by atoms with Crippen LogP contribution in [0.1, 0.15) is 54.9 Å². The van der Waals surface area contributed by atoms with E-state index in [4.69, 9.17) is 0 Å². The lowest BCUT2D eigenvalue weighted by molar-refractivity contribution is -0.118. The number of hydrogen-bond acceptors (Lipinski definition) is 4. The van der Waals surface area contributed by atoms with Crippen molar-refractivity contribution < 1.29 is 4.79 Å². The minimum absolute atomic E-state index is 0.0465. The predicted molar refractivity (Wildman–Crippen MR) is 129 cm³/mol. The van der Waals surface area contributed by atoms with Gasteiger partial charge < -0.3 is 5.32 Å². The number of fused-ring (bicyclic) bond motifs is 1. The Balaban J connectivity index is 1.77. The Morgan fingerprint density at radius 2 is 1.67 bits per heavy atom. The monoisotopic (exact) mass is 441 g/mol. The maximum Gasteiger partial charge on any atom is 0.330 e. The van der Waals surface area contributed by atoms with Gasteiger partial charge in [0.15, 0.2) is 5.78 Å². The zero-order valence-corrected chi connectivity index (χ0v) is 19.1. The fourth-order valence-electron chi connectivity index (χ4n) is 5.07. The Kier molecular flexibility index (Phi) is 4.96. The third kappa shape index (κ3) is 3.75. The van der Waals surface area contributed by atoms with Gasteiger partial charge >= 0.3 is 5.69 Å². The Morgan fingerprint density at radius 1 is 0.970 bits per heavy atom. The van der Waals surface area contributed by atoms with Crippen molar-refractivity contribution in [2.24, 2.45) is 5.41 Å². The van der Waals surface area contributed by atoms with Crippen molar-refractivity contribution >= 4 is 11.6 Å². The standard InChI is InChI=1S/C27H27N3O3/c1-16-9-11-18(12-10-16)21-22-19(13-27(2,3)14-20(22)31)28-24-23(21)25(32)29-26(33)30(24)15-17-7-5-4-6-8-17/h4-12,21,28H,13-15H2,1-3H3,(H,29,32,33). The van der Waals surface area contributed by atoms with E-state index in [1.807, 2.05) is 61.5 Å². The number of carbonyl (C=O) groups excluding carboxylic acids is 1. The van der Waals surface area contributed by atoms with E-state index < -0.39 is 17.2 Å². The number of nitrogens with zero attached hydrogens (tertiary/aromatic N) is 1. The zero-order valence-electron chi connectivity index (χ0n) is 19.1. The normalized spacial score (nSPS) is 19.0. The molecule has 0 spiro atoms. The number of aryl methyl sites for hydroxylation is 1. The average Bonchev–Trinajstić information content (AvgIpc) is 2.76. The molecule has 2 heterocycles. The number of allylic oxidation sites excluding steroid dienone is 2. The second kappa shape index (κ2) is 7.73. The quantitative estimate of drug-likeness (QED) is 0.641. The maximum absolute atomic E-state index is 13.4. The van der Waals surface area contributed by atoms with Crippen molar-refractivity contribution in [3.8, 4) is 0 Å². The molecule has 3 aromatic rings. The minimum atomic E-state index is -0.521. The Hall–Kier alpha value is -3.67. The van der Waals surface area contributed by atoms with Gasteiger partial charge in [-0.3, -0.25) is 19.1 Å². The summed E-state index contributed by atoms with van der Waals surface area (Å²) in [5.74, 6) is -0.000522. The van der Waals surface area contributed by atoms with Crippen molar-refractivity contribution in [1.29, 1.82) is 0 Å². The third-order valence-corrected chi connectivity index (χ3v) is 6.60. The summed E-state index contributed by atoms with van der Waals surface area (Å²) in [5.41, 5.74) is 3.65. The number of carbonyl (C=O) groups is 1. The first-order valence-electron chi connectivity index (χ1n) is 11.2. The van der Waals surface area contributed by atoms with Crippen LogP contribution in [0.4, 0.5) is 5.82 Å². The largest absolute Gasteiger partial charge is 0.344 e. The van der Waals surface area contributed by atoms with Gasteiger partial charge in [0.1, 0.15) is 5.82 Å². The molecule has 2 aromatic carbocycles. The van der Waals surface area contributed by atoms with Crippen molar-refractivity contribution in [3.05, 3.63) is 109 Å². The number of aromatic nitrogens is 2. The summed E-state index contributed by atoms with van der Waals surface area (Å²) < 4.78 is 1.57. The number of Topliss-reactive ketones (excluding diaryl/α,β-unsaturated/α-hetero) is 1. The molecular formula is C27H27N3O3. The van der Waals surface area contributed by atoms with Gasteiger partial charge in [0.2, 0.25) is 0 Å². The average molecular weight is 442 g/mol. The number of nitrogens with one attached hydrogen (secondary N) is 2. The molecule has 6 nitrogen and oxygen atoms in total. The SMILES string of the molecule is Cc1ccc(C2C3=C(CC(C)(C)CC3=O)Nc3c2c(=O)[nH]c(=O)n3Cc2ccccc2)cc1. The smallest absolute Gasteiger partial charge is 0.330 e. The van der Waals surface area contributed by atoms with Crippen LogP contribution in [0, 0.1) is 12.3 Å². The molecule has 1 aromatic heterocycles. The van der Waals surface area contributed by atoms with Gasteiger partial charge in [-0.1, -0.05) is 74.0 Å². The summed E-state index contributed by atoms with van der Waals surface area (Å²) in [6.45, 7) is 6.46. The summed E-state index contributed by atoms with van der Waals surface area (Å²) in [5, 5.41) is 3.37. The fraction of sp³-hybridized carbons (Fsp3) is 0.296. The van der Waals surface area contributed by atoms with Gasteiger partial charge in [-0.25, -0.2) is 4.79 Å². The van der Waals surface area contributed by atoms with E-state index >= 15 is 0 Å². The van der Waals surface area contributed by atoms with E-state index in [0.717, 1.165) is 22.4 Å². The second-order valence-corrected chi connectivity index (χ2v) is 9.90. The van der Waals surface area contributed by atoms with Crippen LogP contribution in [0.3, 0.4) is 0 Å². The number of H-pyrrole nitrogens is 1. The predicted octanol–water partition coefficient (Wildman–Crippen LogP) is 4.09. The highest BCUT2D eigenvalue weighted by Gasteiger charge is 2.42. The number of aromatic amines is 1. The summed E-state index contributed by atoms with van der Waals surface area (Å²) in [7, 11) is 0. The molecule has 1 aliphatic carbocycles. The molecule has 0 radical (unpaired) electrons. The van der Waals surface area contributed by atoms with Crippen molar-refractivity contribution in [3.63, 3.8) is 0 Å². The maximum atomic E-state index is 13.4. The lowest BCUT2D eigenvalue weighted by Crippen LogP contribution is -2.42. The first-order chi connectivity index (χ1) is 15.7. The van der Waals surface area contributed by atoms with Crippen LogP contribution in [0.2, 0.25) is 0 Å². The van der Waals surface area contributed by atoms with Crippen LogP contribution >= 0.6 is 0 Å². The lowest BCUT2D eigenvalue weighted by Gasteiger charge is -2.39. The molecule has 5 rings (SSSR count). The molecule has 2 N–H and O–H groups in total. The molecule has 6 heteroatoms. The number of anilines is 1. The van der Waals surface area contributed by atoms with Gasteiger partial charge in [-0.15, -0.1) is 0 Å². The molecular weight excluding hydrogens is 414 g/mol. The van der Waals surface area contributed by atoms with E-state index in [1.54, 1.807) is 4.57 Å². The van der Waals surface area contributed by atoms with E-state index in [1.165, 1.54) is 0 Å². The molecule has 0 saturated heterocycles. The lowest BCUT2D eigenvalue weighted by atomic mass is 9.69. The van der Waals surface area contributed by atoms with E-state index in [2.05, 4.69) is 24.1 Å². The number of benzene rings is 2. The molecule has 1 aliphatic heterocycles. The highest BCUT2D eigenvalue weighted by Crippen LogP contribution is 2.47. The van der Waals surface area contributed by atoms with E-state index in [9.17, 15) is 14.4 Å². The van der Waals surface area contributed by atoms with Crippen molar-refractivity contribution in [2.75, 3.05) is 5.32 Å². The van der Waals surface area contributed by atoms with Crippen LogP contribution in [-0.2, 0) is 11.3 Å². The zero-order chi connectivity index (χ0) is 23.3. The van der Waals surface area contributed by atoms with Crippen LogP contribution in [0.25, 0.3) is 0 Å². The molecule has 2 aliphatic rings. The van der Waals surface area contributed by atoms with Gasteiger partial charge in [-0.2, -0.15) is 0 Å². The molecule has 0 fully saturated rings. The third-order valence-electron chi connectivity index (χ3n) is 6.60. The van der Waals surface area contributed by atoms with Crippen LogP contribution in [-0.4, -0.2) is 15.3 Å². The summed E-state index contributed by atoms with van der Waals surface area (Å²) >= 11 is 0. The molecule has 0 bridgehead atoms. The first kappa shape index (κ1) is 21.2. The summed E-state index contributed by atoms with van der Waals surface area (Å²) in [4.78, 5) is 42.0. The minimum Gasteiger partial charge on any atom is -0.344 e. The molecule has 0 amide bonds. The van der Waals surface area contributed by atoms with Crippen LogP contribution < -0.4 is 16.6 Å². The molecule has 1 atom stereocenters. The molecule has 33 heavy (non-hydrogen) atoms. The Morgan fingerprint density at radius 3 is 2.36 bits per heavy atom. The van der Waals surface area contributed by atoms with Gasteiger partial charge in [0.05, 0.1) is 12.1 Å². The first-order valence-corrected chi connectivity index (χ1v) is 11.2. The highest BCUT2D eigenvalue weighted by atomic mass is 16.2. The van der Waals surface area contributed by atoms with Gasteiger partial charge in [-0.05, 0) is 29.9 Å². The number of hydrogen-bond donors (Lipinski definition) is 2. The summed E-state index contributed by atoms with van der Waals surface area (Å²) in [6.07, 6.45) is 1.09. The Bertz CT molecular complexity index is 1390. The van der Waals surface area contributed by atoms with E-state index in [0.29, 0.717) is 36.3 Å². The van der Waals surface area contributed by atoms with Crippen molar-refractivity contribution in [1.82, 2.24) is 9.55 Å². The second-order valence-electron chi connectivity index (χ2n) is 9.90. The van der Waals surface area contributed by atoms with E-state index in [-0.39, 0.29) is 11.2 Å². The van der Waals surface area contributed by atoms with Gasteiger partial charge in [0.25, 0.3) is 5.56 Å².